The highest BCUT2D eigenvalue weighted by molar-refractivity contribution is 6.31. The molecule has 0 saturated heterocycles. The zero-order chi connectivity index (χ0) is 16.4. The van der Waals surface area contributed by atoms with Crippen molar-refractivity contribution in [2.24, 2.45) is 5.92 Å². The maximum Gasteiger partial charge on any atom is 0.151 e. The van der Waals surface area contributed by atoms with E-state index in [4.69, 9.17) is 11.6 Å². The number of hydrogen-bond acceptors (Lipinski definition) is 3. The smallest absolute Gasteiger partial charge is 0.151 e. The molecule has 1 aliphatic carbocycles. The highest BCUT2D eigenvalue weighted by Gasteiger charge is 2.40. The van der Waals surface area contributed by atoms with Gasteiger partial charge in [0.15, 0.2) is 17.3 Å². The molecule has 0 amide bonds. The molecule has 1 saturated carbocycles. The van der Waals surface area contributed by atoms with Gasteiger partial charge in [0.05, 0.1) is 0 Å². The number of halogens is 1. The van der Waals surface area contributed by atoms with Crippen molar-refractivity contribution in [2.75, 3.05) is 0 Å². The van der Waals surface area contributed by atoms with Crippen LogP contribution in [0.15, 0.2) is 12.1 Å². The van der Waals surface area contributed by atoms with Gasteiger partial charge in [-0.15, -0.1) is 0 Å². The molecule has 0 heterocycles. The van der Waals surface area contributed by atoms with Gasteiger partial charge < -0.3 is 0 Å². The molecule has 2 rings (SSSR count). The molecule has 4 heteroatoms. The van der Waals surface area contributed by atoms with Gasteiger partial charge in [-0.1, -0.05) is 24.6 Å². The Morgan fingerprint density at radius 2 is 1.77 bits per heavy atom. The molecule has 0 aliphatic heterocycles. The zero-order valence-corrected chi connectivity index (χ0v) is 14.0. The second kappa shape index (κ2) is 6.74. The van der Waals surface area contributed by atoms with Crippen LogP contribution < -0.4 is 0 Å². The fourth-order valence-electron chi connectivity index (χ4n) is 3.37. The minimum Gasteiger partial charge on any atom is -0.298 e. The van der Waals surface area contributed by atoms with Crippen LogP contribution in [0.3, 0.4) is 0 Å². The molecule has 0 spiro atoms. The molecule has 3 nitrogen and oxygen atoms in total. The third-order valence-corrected chi connectivity index (χ3v) is 4.56. The number of carbonyl (C=O) groups is 3. The van der Waals surface area contributed by atoms with Crippen molar-refractivity contribution < 1.29 is 14.4 Å². The van der Waals surface area contributed by atoms with Crippen molar-refractivity contribution in [3.8, 4) is 0 Å². The second-order valence-corrected chi connectivity index (χ2v) is 6.57. The number of carbonyl (C=O) groups excluding carboxylic acids is 3. The average Bonchev–Trinajstić information content (AvgIpc) is 2.36. The fourth-order valence-corrected chi connectivity index (χ4v) is 3.85. The quantitative estimate of drug-likeness (QED) is 0.789. The van der Waals surface area contributed by atoms with Gasteiger partial charge in [0, 0.05) is 24.3 Å². The largest absolute Gasteiger partial charge is 0.298 e. The van der Waals surface area contributed by atoms with Crippen molar-refractivity contribution in [3.63, 3.8) is 0 Å². The van der Waals surface area contributed by atoms with E-state index in [1.54, 1.807) is 0 Å². The summed E-state index contributed by atoms with van der Waals surface area (Å²) in [7, 11) is 0. The molecule has 1 fully saturated rings. The number of rotatable bonds is 4. The topological polar surface area (TPSA) is 51.2 Å². The van der Waals surface area contributed by atoms with E-state index in [1.165, 1.54) is 0 Å². The highest BCUT2D eigenvalue weighted by atomic mass is 35.5. The molecule has 0 bridgehead atoms. The van der Waals surface area contributed by atoms with E-state index < -0.39 is 5.92 Å². The van der Waals surface area contributed by atoms with Crippen molar-refractivity contribution in [2.45, 2.75) is 52.4 Å². The SMILES string of the molecule is CCCC(=O)C1C(=O)CC(c2c(C)cc(C)cc2Cl)CC1=O. The molecule has 0 atom stereocenters. The molecule has 0 N–H and O–H groups in total. The Hall–Kier alpha value is -1.48. The lowest BCUT2D eigenvalue weighted by molar-refractivity contribution is -0.142. The summed E-state index contributed by atoms with van der Waals surface area (Å²) in [5.41, 5.74) is 2.92. The van der Waals surface area contributed by atoms with Crippen molar-refractivity contribution in [1.82, 2.24) is 0 Å². The van der Waals surface area contributed by atoms with Crippen molar-refractivity contribution in [1.29, 1.82) is 0 Å². The zero-order valence-electron chi connectivity index (χ0n) is 13.2. The maximum atomic E-state index is 12.3. The van der Waals surface area contributed by atoms with E-state index in [0.717, 1.165) is 16.7 Å². The van der Waals surface area contributed by atoms with Gasteiger partial charge in [-0.25, -0.2) is 0 Å². The summed E-state index contributed by atoms with van der Waals surface area (Å²) in [5, 5.41) is 0.599. The molecule has 0 aromatic heterocycles. The Kier molecular flexibility index (Phi) is 5.17. The number of benzene rings is 1. The minimum atomic E-state index is -1.04. The van der Waals surface area contributed by atoms with E-state index in [1.807, 2.05) is 32.9 Å². The fraction of sp³-hybridized carbons (Fsp3) is 0.500. The Labute approximate surface area is 136 Å². The van der Waals surface area contributed by atoms with Crippen LogP contribution in [0.2, 0.25) is 5.02 Å². The third-order valence-electron chi connectivity index (χ3n) is 4.25. The number of hydrogen-bond donors (Lipinski definition) is 0. The van der Waals surface area contributed by atoms with Crippen LogP contribution >= 0.6 is 11.6 Å². The molecule has 118 valence electrons. The first-order valence-electron chi connectivity index (χ1n) is 7.70. The molecule has 0 unspecified atom stereocenters. The first kappa shape index (κ1) is 16.9. The number of aryl methyl sites for hydroxylation is 2. The lowest BCUT2D eigenvalue weighted by Gasteiger charge is -2.27. The normalized spacial score (nSPS) is 22.0. The molecular formula is C18H21ClO3. The van der Waals surface area contributed by atoms with Crippen LogP contribution in [0.1, 0.15) is 55.2 Å². The molecule has 1 aromatic carbocycles. The highest BCUT2D eigenvalue weighted by Crippen LogP contribution is 2.38. The van der Waals surface area contributed by atoms with E-state index in [-0.39, 0.29) is 42.5 Å². The minimum absolute atomic E-state index is 0.209. The Balaban J connectivity index is 2.27. The maximum absolute atomic E-state index is 12.3. The number of ketones is 3. The summed E-state index contributed by atoms with van der Waals surface area (Å²) in [6, 6.07) is 3.86. The summed E-state index contributed by atoms with van der Waals surface area (Å²) in [6.07, 6.45) is 1.38. The van der Waals surface area contributed by atoms with Gasteiger partial charge in [0.25, 0.3) is 0 Å². The molecular weight excluding hydrogens is 300 g/mol. The Bertz CT molecular complexity index is 592. The predicted molar refractivity (Wildman–Crippen MR) is 86.3 cm³/mol. The Morgan fingerprint density at radius 1 is 1.18 bits per heavy atom. The van der Waals surface area contributed by atoms with Gasteiger partial charge in [-0.2, -0.15) is 0 Å². The van der Waals surface area contributed by atoms with Gasteiger partial charge in [0.2, 0.25) is 0 Å². The van der Waals surface area contributed by atoms with E-state index in [0.29, 0.717) is 11.4 Å². The van der Waals surface area contributed by atoms with E-state index in [2.05, 4.69) is 0 Å². The lowest BCUT2D eigenvalue weighted by atomic mass is 9.74. The average molecular weight is 321 g/mol. The van der Waals surface area contributed by atoms with Gasteiger partial charge >= 0.3 is 0 Å². The summed E-state index contributed by atoms with van der Waals surface area (Å²) in [5.74, 6) is -1.99. The molecule has 0 radical (unpaired) electrons. The van der Waals surface area contributed by atoms with E-state index >= 15 is 0 Å². The molecule has 22 heavy (non-hydrogen) atoms. The summed E-state index contributed by atoms with van der Waals surface area (Å²) >= 11 is 6.32. The predicted octanol–water partition coefficient (Wildman–Crippen LogP) is 3.96. The number of Topliss-reactive ketones (excluding diaryl/α,β-unsaturated/α-hetero) is 3. The van der Waals surface area contributed by atoms with E-state index in [9.17, 15) is 14.4 Å². The van der Waals surface area contributed by atoms with Crippen LogP contribution in [0.4, 0.5) is 0 Å². The summed E-state index contributed by atoms with van der Waals surface area (Å²) < 4.78 is 0. The summed E-state index contributed by atoms with van der Waals surface area (Å²) in [6.45, 7) is 5.77. The van der Waals surface area contributed by atoms with Crippen LogP contribution in [0.25, 0.3) is 0 Å². The lowest BCUT2D eigenvalue weighted by Crippen LogP contribution is -2.38. The molecule has 1 aromatic rings. The standard InChI is InChI=1S/C18H21ClO3/c1-4-5-14(20)18-15(21)8-12(9-16(18)22)17-11(3)6-10(2)7-13(17)19/h6-7,12,18H,4-5,8-9H2,1-3H3. The summed E-state index contributed by atoms with van der Waals surface area (Å²) in [4.78, 5) is 36.6. The monoisotopic (exact) mass is 320 g/mol. The van der Waals surface area contributed by atoms with Crippen LogP contribution in [0, 0.1) is 19.8 Å². The van der Waals surface area contributed by atoms with Crippen molar-refractivity contribution >= 4 is 29.0 Å². The third kappa shape index (κ3) is 3.30. The van der Waals surface area contributed by atoms with Crippen LogP contribution in [0.5, 0.6) is 0 Å². The molecule has 1 aliphatic rings. The van der Waals surface area contributed by atoms with Crippen LogP contribution in [-0.4, -0.2) is 17.3 Å². The van der Waals surface area contributed by atoms with Crippen molar-refractivity contribution in [3.05, 3.63) is 33.8 Å². The Morgan fingerprint density at radius 3 is 2.27 bits per heavy atom. The second-order valence-electron chi connectivity index (χ2n) is 6.16. The van der Waals surface area contributed by atoms with Gasteiger partial charge in [0.1, 0.15) is 5.92 Å². The van der Waals surface area contributed by atoms with Crippen LogP contribution in [-0.2, 0) is 14.4 Å². The first-order chi connectivity index (χ1) is 10.3. The van der Waals surface area contributed by atoms with Gasteiger partial charge in [-0.3, -0.25) is 14.4 Å². The van der Waals surface area contributed by atoms with Gasteiger partial charge in [-0.05, 0) is 48.9 Å². The first-order valence-corrected chi connectivity index (χ1v) is 8.07.